The van der Waals surface area contributed by atoms with Gasteiger partial charge < -0.3 is 19.8 Å². The van der Waals surface area contributed by atoms with Gasteiger partial charge in [0.2, 0.25) is 0 Å². The highest BCUT2D eigenvalue weighted by Crippen LogP contribution is 2.37. The zero-order valence-corrected chi connectivity index (χ0v) is 12.1. The first-order chi connectivity index (χ1) is 8.19. The number of aliphatic hydroxyl groups is 1. The van der Waals surface area contributed by atoms with Crippen molar-refractivity contribution in [2.24, 2.45) is 0 Å². The number of ether oxygens (including phenoxy) is 2. The summed E-state index contributed by atoms with van der Waals surface area (Å²) in [6.07, 6.45) is 0.942. The monoisotopic (exact) mass is 261 g/mol. The Hall–Kier alpha value is -0.200. The summed E-state index contributed by atoms with van der Waals surface area (Å²) in [7, 11) is 1.56. The zero-order chi connectivity index (χ0) is 14.0. The van der Waals surface area contributed by atoms with Crippen LogP contribution in [0.25, 0.3) is 0 Å². The molecule has 18 heavy (non-hydrogen) atoms. The number of methoxy groups -OCH3 is 1. The molecule has 5 heteroatoms. The summed E-state index contributed by atoms with van der Waals surface area (Å²) in [5, 5.41) is 21.2. The highest BCUT2D eigenvalue weighted by atomic mass is 16.5. The number of hydrogen-bond donors (Lipinski definition) is 2. The number of nitrogens with zero attached hydrogens (tertiary/aromatic N) is 1. The highest BCUT2D eigenvalue weighted by Gasteiger charge is 2.45. The molecule has 0 bridgehead atoms. The van der Waals surface area contributed by atoms with Crippen molar-refractivity contribution in [3.05, 3.63) is 0 Å². The van der Waals surface area contributed by atoms with Crippen LogP contribution in [0.15, 0.2) is 0 Å². The first-order valence-corrected chi connectivity index (χ1v) is 6.47. The molecule has 0 spiro atoms. The Kier molecular flexibility index (Phi) is 5.14. The molecule has 2 N–H and O–H groups in total. The Labute approximate surface area is 110 Å². The van der Waals surface area contributed by atoms with Gasteiger partial charge in [-0.3, -0.25) is 0 Å². The predicted molar refractivity (Wildman–Crippen MR) is 68.6 cm³/mol. The van der Waals surface area contributed by atoms with Crippen LogP contribution in [0.1, 0.15) is 40.5 Å². The summed E-state index contributed by atoms with van der Waals surface area (Å²) in [6.45, 7) is 8.54. The van der Waals surface area contributed by atoms with Gasteiger partial charge in [-0.2, -0.15) is 5.06 Å². The minimum absolute atomic E-state index is 0.0462. The van der Waals surface area contributed by atoms with Gasteiger partial charge in [0, 0.05) is 18.2 Å². The molecule has 0 amide bonds. The van der Waals surface area contributed by atoms with E-state index in [1.165, 1.54) is 5.06 Å². The van der Waals surface area contributed by atoms with Crippen molar-refractivity contribution in [1.29, 1.82) is 0 Å². The summed E-state index contributed by atoms with van der Waals surface area (Å²) >= 11 is 0. The zero-order valence-electron chi connectivity index (χ0n) is 12.1. The van der Waals surface area contributed by atoms with Crippen LogP contribution < -0.4 is 0 Å². The number of rotatable bonds is 5. The van der Waals surface area contributed by atoms with Gasteiger partial charge in [0.25, 0.3) is 0 Å². The van der Waals surface area contributed by atoms with E-state index >= 15 is 0 Å². The van der Waals surface area contributed by atoms with Crippen LogP contribution >= 0.6 is 0 Å². The van der Waals surface area contributed by atoms with Gasteiger partial charge in [-0.1, -0.05) is 0 Å². The van der Waals surface area contributed by atoms with Crippen LogP contribution in [0.5, 0.6) is 0 Å². The lowest BCUT2D eigenvalue weighted by Crippen LogP contribution is -2.60. The molecule has 1 atom stereocenters. The van der Waals surface area contributed by atoms with Gasteiger partial charge in [0.05, 0.1) is 19.3 Å². The Morgan fingerprint density at radius 3 is 2.11 bits per heavy atom. The summed E-state index contributed by atoms with van der Waals surface area (Å²) in [4.78, 5) is 0. The summed E-state index contributed by atoms with van der Waals surface area (Å²) in [5.74, 6) is 0. The van der Waals surface area contributed by atoms with Gasteiger partial charge in [-0.15, -0.1) is 0 Å². The Bertz CT molecular complexity index is 250. The van der Waals surface area contributed by atoms with E-state index in [0.29, 0.717) is 0 Å². The minimum Gasteiger partial charge on any atom is -0.388 e. The topological polar surface area (TPSA) is 62.2 Å². The highest BCUT2D eigenvalue weighted by molar-refractivity contribution is 4.96. The molecule has 0 unspecified atom stereocenters. The Morgan fingerprint density at radius 2 is 1.67 bits per heavy atom. The minimum atomic E-state index is -0.589. The maximum Gasteiger partial charge on any atom is 0.101 e. The Morgan fingerprint density at radius 1 is 1.17 bits per heavy atom. The molecular formula is C13H27NO4. The van der Waals surface area contributed by atoms with Crippen molar-refractivity contribution in [3.63, 3.8) is 0 Å². The molecule has 0 aromatic carbocycles. The average molecular weight is 261 g/mol. The van der Waals surface area contributed by atoms with Crippen LogP contribution in [-0.4, -0.2) is 59.0 Å². The normalized spacial score (nSPS) is 26.2. The number of aliphatic hydroxyl groups excluding tert-OH is 1. The second-order valence-corrected chi connectivity index (χ2v) is 6.41. The molecule has 1 fully saturated rings. The van der Waals surface area contributed by atoms with Crippen molar-refractivity contribution in [1.82, 2.24) is 5.06 Å². The lowest BCUT2D eigenvalue weighted by atomic mass is 9.80. The van der Waals surface area contributed by atoms with Gasteiger partial charge in [-0.05, 0) is 40.5 Å². The fourth-order valence-electron chi connectivity index (χ4n) is 2.78. The van der Waals surface area contributed by atoms with Gasteiger partial charge in [0.15, 0.2) is 0 Å². The maximum atomic E-state index is 10.2. The molecule has 0 aliphatic carbocycles. The number of hydroxylamine groups is 2. The fraction of sp³-hybridized carbons (Fsp3) is 1.00. The second-order valence-electron chi connectivity index (χ2n) is 6.41. The molecule has 1 aliphatic rings. The molecule has 1 heterocycles. The summed E-state index contributed by atoms with van der Waals surface area (Å²) < 4.78 is 10.6. The first kappa shape index (κ1) is 15.9. The molecule has 0 aromatic heterocycles. The molecule has 0 saturated carbocycles. The Balaban J connectivity index is 2.53. The molecule has 5 nitrogen and oxygen atoms in total. The lowest BCUT2D eigenvalue weighted by molar-refractivity contribution is -0.262. The third kappa shape index (κ3) is 3.90. The van der Waals surface area contributed by atoms with Crippen molar-refractivity contribution in [3.8, 4) is 0 Å². The predicted octanol–water partition coefficient (Wildman–Crippen LogP) is 1.42. The van der Waals surface area contributed by atoms with E-state index in [9.17, 15) is 10.3 Å². The van der Waals surface area contributed by atoms with Crippen LogP contribution in [0, 0.1) is 0 Å². The van der Waals surface area contributed by atoms with Crippen LogP contribution in [0.3, 0.4) is 0 Å². The summed E-state index contributed by atoms with van der Waals surface area (Å²) in [6, 6.07) is 0. The van der Waals surface area contributed by atoms with E-state index in [-0.39, 0.29) is 30.4 Å². The van der Waals surface area contributed by atoms with E-state index in [1.54, 1.807) is 7.11 Å². The maximum absolute atomic E-state index is 10.2. The third-order valence-electron chi connectivity index (χ3n) is 3.48. The molecule has 0 aromatic rings. The van der Waals surface area contributed by atoms with Gasteiger partial charge in [-0.25, -0.2) is 0 Å². The molecule has 108 valence electrons. The van der Waals surface area contributed by atoms with E-state index in [2.05, 4.69) is 0 Å². The number of hydrogen-bond acceptors (Lipinski definition) is 5. The van der Waals surface area contributed by atoms with Crippen LogP contribution in [-0.2, 0) is 9.47 Å². The fourth-order valence-corrected chi connectivity index (χ4v) is 2.78. The van der Waals surface area contributed by atoms with Crippen molar-refractivity contribution in [2.45, 2.75) is 63.8 Å². The van der Waals surface area contributed by atoms with E-state index in [0.717, 1.165) is 12.8 Å². The van der Waals surface area contributed by atoms with Crippen LogP contribution in [0.2, 0.25) is 0 Å². The average Bonchev–Trinajstić information content (AvgIpc) is 2.23. The molecule has 1 rings (SSSR count). The smallest absolute Gasteiger partial charge is 0.101 e. The molecular weight excluding hydrogens is 234 g/mol. The van der Waals surface area contributed by atoms with Gasteiger partial charge in [0.1, 0.15) is 6.10 Å². The summed E-state index contributed by atoms with van der Waals surface area (Å²) in [5.41, 5.74) is -0.642. The first-order valence-electron chi connectivity index (χ1n) is 6.47. The SMILES string of the molecule is COC[C@@H](O)COC1CC(C)(C)N(O)C(C)(C)C1. The van der Waals surface area contributed by atoms with Crippen molar-refractivity contribution >= 4 is 0 Å². The standard InChI is InChI=1S/C13H27NO4/c1-12(2)6-11(7-13(3,4)14(12)16)18-9-10(15)8-17-5/h10-11,15-16H,6-9H2,1-5H3/t10-/m1/s1. The third-order valence-corrected chi connectivity index (χ3v) is 3.48. The molecule has 1 saturated heterocycles. The second kappa shape index (κ2) is 5.84. The largest absolute Gasteiger partial charge is 0.388 e. The van der Waals surface area contributed by atoms with Gasteiger partial charge >= 0.3 is 0 Å². The van der Waals surface area contributed by atoms with Crippen molar-refractivity contribution in [2.75, 3.05) is 20.3 Å². The molecule has 1 aliphatic heterocycles. The van der Waals surface area contributed by atoms with Crippen LogP contribution in [0.4, 0.5) is 0 Å². The quantitative estimate of drug-likeness (QED) is 0.783. The molecule has 0 radical (unpaired) electrons. The lowest BCUT2D eigenvalue weighted by Gasteiger charge is -2.51. The van der Waals surface area contributed by atoms with E-state index in [1.807, 2.05) is 27.7 Å². The van der Waals surface area contributed by atoms with E-state index in [4.69, 9.17) is 9.47 Å². The van der Waals surface area contributed by atoms with E-state index < -0.39 is 6.10 Å². The van der Waals surface area contributed by atoms with Crippen molar-refractivity contribution < 1.29 is 19.8 Å². The number of piperidine rings is 1.